The largest absolute Gasteiger partial charge is 0.338 e. The third kappa shape index (κ3) is 3.99. The number of non-ortho nitro benzene ring substituents is 1. The highest BCUT2D eigenvalue weighted by Gasteiger charge is 2.40. The zero-order valence-electron chi connectivity index (χ0n) is 17.8. The Labute approximate surface area is 194 Å². The number of nitrogens with zero attached hydrogens (tertiary/aromatic N) is 6. The fourth-order valence-corrected chi connectivity index (χ4v) is 7.24. The summed E-state index contributed by atoms with van der Waals surface area (Å²) in [4.78, 5) is 15.5. The summed E-state index contributed by atoms with van der Waals surface area (Å²) in [6.07, 6.45) is -2.71. The van der Waals surface area contributed by atoms with Crippen LogP contribution in [-0.4, -0.2) is 32.3 Å². The molecule has 0 radical (unpaired) electrons. The lowest BCUT2D eigenvalue weighted by Gasteiger charge is -2.38. The molecule has 0 spiro atoms. The molecule has 0 saturated carbocycles. The van der Waals surface area contributed by atoms with Gasteiger partial charge in [0.2, 0.25) is 0 Å². The smallest absolute Gasteiger partial charge is 0.271 e. The molecule has 0 saturated heterocycles. The van der Waals surface area contributed by atoms with Gasteiger partial charge < -0.3 is 9.76 Å². The van der Waals surface area contributed by atoms with Gasteiger partial charge in [0, 0.05) is 24.9 Å². The van der Waals surface area contributed by atoms with Crippen molar-refractivity contribution in [2.45, 2.75) is 19.9 Å². The number of nitriles is 1. The Morgan fingerprint density at radius 3 is 2.76 bits per heavy atom. The summed E-state index contributed by atoms with van der Waals surface area (Å²) in [5.74, 6) is 0.323. The summed E-state index contributed by atoms with van der Waals surface area (Å²) >= 11 is 6.19. The summed E-state index contributed by atoms with van der Waals surface area (Å²) in [5, 5.41) is 28.9. The Morgan fingerprint density at radius 2 is 2.06 bits per heavy atom. The molecule has 2 aromatic carbocycles. The van der Waals surface area contributed by atoms with E-state index in [4.69, 9.17) is 22.1 Å². The topological polar surface area (TPSA) is 112 Å². The van der Waals surface area contributed by atoms with Crippen LogP contribution in [0.3, 0.4) is 0 Å². The van der Waals surface area contributed by atoms with Gasteiger partial charge in [-0.15, -0.1) is 0 Å². The van der Waals surface area contributed by atoms with Crippen molar-refractivity contribution in [3.8, 4) is 6.07 Å². The molecule has 1 aliphatic rings. The number of nitrogens with one attached hydrogen (secondary N) is 1. The van der Waals surface area contributed by atoms with Crippen LogP contribution in [0.25, 0.3) is 0 Å². The first-order chi connectivity index (χ1) is 15.8. The summed E-state index contributed by atoms with van der Waals surface area (Å²) < 4.78 is 18.1. The van der Waals surface area contributed by atoms with Crippen LogP contribution >= 0.6 is 6.34 Å². The van der Waals surface area contributed by atoms with E-state index in [2.05, 4.69) is 16.3 Å². The highest BCUT2D eigenvalue weighted by atomic mass is 32.4. The fourth-order valence-electron chi connectivity index (χ4n) is 3.67. The van der Waals surface area contributed by atoms with E-state index >= 15 is 0 Å². The van der Waals surface area contributed by atoms with Gasteiger partial charge in [-0.25, -0.2) is 14.1 Å². The molecule has 12 heteroatoms. The van der Waals surface area contributed by atoms with Crippen LogP contribution in [0.4, 0.5) is 21.6 Å². The van der Waals surface area contributed by atoms with Gasteiger partial charge in [-0.2, -0.15) is 10.4 Å². The number of hydrogen-bond donors (Lipinski definition) is 1. The molecule has 2 heterocycles. The minimum Gasteiger partial charge on any atom is -0.338 e. The average molecular weight is 483 g/mol. The van der Waals surface area contributed by atoms with Crippen molar-refractivity contribution in [3.63, 3.8) is 0 Å². The van der Waals surface area contributed by atoms with Crippen LogP contribution in [0.2, 0.25) is 0 Å². The summed E-state index contributed by atoms with van der Waals surface area (Å²) in [5.41, 5.74) is 1.29. The van der Waals surface area contributed by atoms with Crippen LogP contribution in [0.5, 0.6) is 0 Å². The van der Waals surface area contributed by atoms with Gasteiger partial charge in [0.05, 0.1) is 40.5 Å². The van der Waals surface area contributed by atoms with Gasteiger partial charge in [0.25, 0.3) is 5.69 Å². The quantitative estimate of drug-likeness (QED) is 0.317. The zero-order chi connectivity index (χ0) is 23.8. The third-order valence-electron chi connectivity index (χ3n) is 5.20. The first-order valence-electron chi connectivity index (χ1n) is 9.91. The number of benzene rings is 2. The third-order valence-corrected chi connectivity index (χ3v) is 9.48. The van der Waals surface area contributed by atoms with E-state index in [1.54, 1.807) is 53.7 Å². The molecule has 168 valence electrons. The molecule has 4 rings (SSSR count). The van der Waals surface area contributed by atoms with Crippen LogP contribution in [0.15, 0.2) is 53.5 Å². The summed E-state index contributed by atoms with van der Waals surface area (Å²) in [6, 6.07) is 14.4. The van der Waals surface area contributed by atoms with Crippen molar-refractivity contribution in [1.82, 2.24) is 14.5 Å². The lowest BCUT2D eigenvalue weighted by Crippen LogP contribution is -2.36. The minimum atomic E-state index is -2.93. The maximum atomic E-state index is 14.8. The molecule has 1 aliphatic heterocycles. The van der Waals surface area contributed by atoms with Crippen LogP contribution in [0.1, 0.15) is 17.7 Å². The Bertz CT molecular complexity index is 1380. The molecule has 1 N–H and O–H groups in total. The number of aryl methyl sites for hydroxylation is 2. The number of aromatic nitrogens is 2. The predicted octanol–water partition coefficient (Wildman–Crippen LogP) is 4.22. The number of nitro benzene ring substituents is 1. The number of halogens is 1. The molecular formula is C21H19FN7O2PS. The lowest BCUT2D eigenvalue weighted by molar-refractivity contribution is -0.384. The van der Waals surface area contributed by atoms with Crippen molar-refractivity contribution < 1.29 is 9.31 Å². The Hall–Kier alpha value is -3.61. The number of hydrogen-bond acceptors (Lipinski definition) is 6. The van der Waals surface area contributed by atoms with E-state index < -0.39 is 17.1 Å². The highest BCUT2D eigenvalue weighted by Crippen LogP contribution is 2.54. The van der Waals surface area contributed by atoms with Crippen molar-refractivity contribution in [1.29, 1.82) is 5.26 Å². The number of nitro groups is 1. The van der Waals surface area contributed by atoms with Gasteiger partial charge in [-0.3, -0.25) is 10.1 Å². The molecule has 9 nitrogen and oxygen atoms in total. The molecule has 0 aliphatic carbocycles. The summed E-state index contributed by atoms with van der Waals surface area (Å²) in [6.45, 7) is 2.10. The Morgan fingerprint density at radius 1 is 1.30 bits per heavy atom. The van der Waals surface area contributed by atoms with Gasteiger partial charge in [-0.1, -0.05) is 18.2 Å². The number of rotatable bonds is 6. The van der Waals surface area contributed by atoms with Crippen molar-refractivity contribution in [2.24, 2.45) is 4.99 Å². The van der Waals surface area contributed by atoms with E-state index in [0.29, 0.717) is 34.9 Å². The average Bonchev–Trinajstić information content (AvgIpc) is 3.11. The molecule has 0 fully saturated rings. The van der Waals surface area contributed by atoms with E-state index in [9.17, 15) is 14.5 Å². The van der Waals surface area contributed by atoms with Crippen LogP contribution in [0, 0.1) is 34.2 Å². The zero-order valence-corrected chi connectivity index (χ0v) is 19.5. The first-order valence-corrected chi connectivity index (χ1v) is 12.7. The van der Waals surface area contributed by atoms with Gasteiger partial charge in [-0.05, 0) is 36.9 Å². The van der Waals surface area contributed by atoms with Crippen LogP contribution in [-0.2, 0) is 18.4 Å². The number of fused-ring (bicyclic) bond motifs is 1. The second-order valence-corrected chi connectivity index (χ2v) is 11.3. The maximum Gasteiger partial charge on any atom is 0.271 e. The number of aliphatic imine (C=N–C) groups is 1. The second kappa shape index (κ2) is 8.73. The van der Waals surface area contributed by atoms with E-state index in [1.165, 1.54) is 18.2 Å². The molecule has 3 aromatic rings. The van der Waals surface area contributed by atoms with Crippen LogP contribution < -0.4 is 10.4 Å². The van der Waals surface area contributed by atoms with Crippen molar-refractivity contribution >= 4 is 46.5 Å². The number of anilines is 1. The molecular weight excluding hydrogens is 464 g/mol. The van der Waals surface area contributed by atoms with E-state index in [-0.39, 0.29) is 17.7 Å². The highest BCUT2D eigenvalue weighted by molar-refractivity contribution is 8.18. The lowest BCUT2D eigenvalue weighted by atomic mass is 10.2. The van der Waals surface area contributed by atoms with Crippen molar-refractivity contribution in [2.75, 3.05) is 12.1 Å². The van der Waals surface area contributed by atoms with E-state index in [0.717, 1.165) is 0 Å². The van der Waals surface area contributed by atoms with Gasteiger partial charge in [0.1, 0.15) is 11.7 Å². The molecule has 0 bridgehead atoms. The monoisotopic (exact) mass is 483 g/mol. The van der Waals surface area contributed by atoms with E-state index in [1.807, 2.05) is 0 Å². The normalized spacial score (nSPS) is 17.2. The Balaban J connectivity index is 1.92. The molecule has 1 atom stereocenters. The molecule has 33 heavy (non-hydrogen) atoms. The molecule has 0 unspecified atom stereocenters. The predicted molar refractivity (Wildman–Crippen MR) is 128 cm³/mol. The first kappa shape index (κ1) is 22.6. The molecule has 0 amide bonds. The molecule has 1 aromatic heterocycles. The standard InChI is InChI=1S/C21H19FN7O2PS/c1-14-19-21(28(25-14)12-6-11-23)24-20(17-9-3-4-10-18(17)22)27(2)32(19,33)26-15-7-5-8-16(13-15)29(30)31/h3-5,7-10,13H,6,12H2,1-2H3,(H,26,33)/t32-/m1/s1. The minimum absolute atomic E-state index is 0.0779. The maximum absolute atomic E-state index is 14.8. The van der Waals surface area contributed by atoms with Gasteiger partial charge in [0.15, 0.2) is 12.2 Å². The SMILES string of the molecule is Cc1nn(CCC#N)c2c1[P@@](=S)(Nc1cccc([N+](=O)[O-])c1)N(C)C(c1ccccc1F)=N2. The Kier molecular flexibility index (Phi) is 5.97. The van der Waals surface area contributed by atoms with Crippen molar-refractivity contribution in [3.05, 3.63) is 75.7 Å². The fraction of sp³-hybridized carbons (Fsp3) is 0.190. The number of amidine groups is 1. The summed E-state index contributed by atoms with van der Waals surface area (Å²) in [7, 11) is 1.73. The van der Waals surface area contributed by atoms with Gasteiger partial charge >= 0.3 is 0 Å². The second-order valence-electron chi connectivity index (χ2n) is 7.32.